The van der Waals surface area contributed by atoms with E-state index in [4.69, 9.17) is 9.47 Å². The van der Waals surface area contributed by atoms with Gasteiger partial charge in [-0.15, -0.1) is 0 Å². The molecule has 0 aliphatic rings. The van der Waals surface area contributed by atoms with Gasteiger partial charge in [-0.3, -0.25) is 20.4 Å². The maximum absolute atomic E-state index is 11.8. The summed E-state index contributed by atoms with van der Waals surface area (Å²) in [6.07, 6.45) is 1.73. The van der Waals surface area contributed by atoms with Gasteiger partial charge in [-0.2, -0.15) is 0 Å². The van der Waals surface area contributed by atoms with Crippen LogP contribution < -0.4 is 20.3 Å². The van der Waals surface area contributed by atoms with E-state index in [1.54, 1.807) is 43.6 Å². The van der Waals surface area contributed by atoms with Crippen molar-refractivity contribution >= 4 is 11.8 Å². The first kappa shape index (κ1) is 15.4. The van der Waals surface area contributed by atoms with Crippen molar-refractivity contribution in [1.29, 1.82) is 0 Å². The highest BCUT2D eigenvalue weighted by Gasteiger charge is 2.10. The second-order valence-corrected chi connectivity index (χ2v) is 4.45. The summed E-state index contributed by atoms with van der Waals surface area (Å²) in [6.45, 7) is 0. The molecule has 0 aliphatic heterocycles. The van der Waals surface area contributed by atoms with Gasteiger partial charge in [0.25, 0.3) is 5.91 Å². The Labute approximate surface area is 127 Å². The van der Waals surface area contributed by atoms with Gasteiger partial charge in [0.1, 0.15) is 5.69 Å². The Morgan fingerprint density at radius 2 is 1.86 bits per heavy atom. The molecule has 0 spiro atoms. The first-order valence-corrected chi connectivity index (χ1v) is 6.57. The van der Waals surface area contributed by atoms with Gasteiger partial charge < -0.3 is 14.5 Å². The zero-order chi connectivity index (χ0) is 15.9. The van der Waals surface area contributed by atoms with Crippen LogP contribution in [0.5, 0.6) is 11.5 Å². The van der Waals surface area contributed by atoms with Crippen molar-refractivity contribution in [3.63, 3.8) is 0 Å². The number of ether oxygens (including phenoxy) is 2. The second-order valence-electron chi connectivity index (χ2n) is 4.45. The Balaban J connectivity index is 1.90. The monoisotopic (exact) mass is 303 g/mol. The van der Waals surface area contributed by atoms with E-state index in [1.165, 1.54) is 7.11 Å². The van der Waals surface area contributed by atoms with Crippen LogP contribution in [0.25, 0.3) is 0 Å². The Hall–Kier alpha value is -2.96. The van der Waals surface area contributed by atoms with Crippen molar-refractivity contribution in [2.24, 2.45) is 0 Å². The number of hydrazine groups is 1. The SMILES string of the molecule is COc1ccc(CC(=O)NNC(=O)c2ccc[nH]2)cc1OC. The third kappa shape index (κ3) is 3.78. The zero-order valence-corrected chi connectivity index (χ0v) is 12.3. The van der Waals surface area contributed by atoms with Crippen molar-refractivity contribution < 1.29 is 19.1 Å². The van der Waals surface area contributed by atoms with Crippen LogP contribution >= 0.6 is 0 Å². The molecule has 0 aliphatic carbocycles. The number of amides is 2. The minimum absolute atomic E-state index is 0.103. The lowest BCUT2D eigenvalue weighted by Gasteiger charge is -2.10. The fourth-order valence-electron chi connectivity index (χ4n) is 1.89. The lowest BCUT2D eigenvalue weighted by atomic mass is 10.1. The maximum atomic E-state index is 11.8. The first-order chi connectivity index (χ1) is 10.6. The molecule has 2 rings (SSSR count). The van der Waals surface area contributed by atoms with Gasteiger partial charge in [0.15, 0.2) is 11.5 Å². The van der Waals surface area contributed by atoms with Crippen LogP contribution in [0, 0.1) is 0 Å². The number of carbonyl (C=O) groups excluding carboxylic acids is 2. The standard InChI is InChI=1S/C15H17N3O4/c1-21-12-6-5-10(8-13(12)22-2)9-14(19)17-18-15(20)11-4-3-7-16-11/h3-8,16H,9H2,1-2H3,(H,17,19)(H,18,20). The van der Waals surface area contributed by atoms with Crippen LogP contribution in [0.1, 0.15) is 16.1 Å². The Morgan fingerprint density at radius 1 is 1.09 bits per heavy atom. The predicted octanol–water partition coefficient (Wildman–Crippen LogP) is 1.04. The fraction of sp³-hybridized carbons (Fsp3) is 0.200. The van der Waals surface area contributed by atoms with Gasteiger partial charge in [0.2, 0.25) is 5.91 Å². The van der Waals surface area contributed by atoms with Gasteiger partial charge >= 0.3 is 0 Å². The third-order valence-corrected chi connectivity index (χ3v) is 2.97. The molecular weight excluding hydrogens is 286 g/mol. The topological polar surface area (TPSA) is 92.5 Å². The van der Waals surface area contributed by atoms with E-state index in [0.717, 1.165) is 5.56 Å². The first-order valence-electron chi connectivity index (χ1n) is 6.57. The number of nitrogens with one attached hydrogen (secondary N) is 3. The number of H-pyrrole nitrogens is 1. The molecule has 0 saturated carbocycles. The molecule has 0 bridgehead atoms. The highest BCUT2D eigenvalue weighted by Crippen LogP contribution is 2.27. The molecule has 0 saturated heterocycles. The average molecular weight is 303 g/mol. The van der Waals surface area contributed by atoms with Crippen LogP contribution in [0.3, 0.4) is 0 Å². The molecule has 0 unspecified atom stereocenters. The second kappa shape index (κ2) is 7.16. The van der Waals surface area contributed by atoms with Crippen LogP contribution in [0.15, 0.2) is 36.5 Å². The predicted molar refractivity (Wildman–Crippen MR) is 79.7 cm³/mol. The third-order valence-electron chi connectivity index (χ3n) is 2.97. The normalized spacial score (nSPS) is 9.91. The van der Waals surface area contributed by atoms with Gasteiger partial charge in [-0.05, 0) is 29.8 Å². The number of aromatic nitrogens is 1. The Bertz CT molecular complexity index is 653. The van der Waals surface area contributed by atoms with E-state index in [9.17, 15) is 9.59 Å². The van der Waals surface area contributed by atoms with Gasteiger partial charge in [0.05, 0.1) is 20.6 Å². The minimum atomic E-state index is -0.411. The maximum Gasteiger partial charge on any atom is 0.286 e. The lowest BCUT2D eigenvalue weighted by Crippen LogP contribution is -2.42. The molecule has 7 heteroatoms. The van der Waals surface area contributed by atoms with Crippen LogP contribution in [0.2, 0.25) is 0 Å². The van der Waals surface area contributed by atoms with Gasteiger partial charge in [-0.1, -0.05) is 6.07 Å². The smallest absolute Gasteiger partial charge is 0.286 e. The minimum Gasteiger partial charge on any atom is -0.493 e. The van der Waals surface area contributed by atoms with Crippen LogP contribution in [-0.2, 0) is 11.2 Å². The van der Waals surface area contributed by atoms with E-state index in [0.29, 0.717) is 17.2 Å². The van der Waals surface area contributed by atoms with Crippen LogP contribution in [-0.4, -0.2) is 31.0 Å². The Morgan fingerprint density at radius 3 is 2.50 bits per heavy atom. The number of benzene rings is 1. The fourth-order valence-corrected chi connectivity index (χ4v) is 1.89. The number of hydrogen-bond acceptors (Lipinski definition) is 4. The molecule has 1 aromatic carbocycles. The van der Waals surface area contributed by atoms with Gasteiger partial charge in [0, 0.05) is 6.20 Å². The van der Waals surface area contributed by atoms with Crippen molar-refractivity contribution in [1.82, 2.24) is 15.8 Å². The van der Waals surface area contributed by atoms with E-state index >= 15 is 0 Å². The Kier molecular flexibility index (Phi) is 5.02. The molecule has 0 fully saturated rings. The molecule has 0 radical (unpaired) electrons. The summed E-state index contributed by atoms with van der Waals surface area (Å²) in [5.74, 6) is 0.382. The van der Waals surface area contributed by atoms with E-state index in [2.05, 4.69) is 15.8 Å². The van der Waals surface area contributed by atoms with E-state index < -0.39 is 5.91 Å². The number of carbonyl (C=O) groups is 2. The van der Waals surface area contributed by atoms with Crippen molar-refractivity contribution in [2.75, 3.05) is 14.2 Å². The molecule has 0 atom stereocenters. The average Bonchev–Trinajstić information content (AvgIpc) is 3.07. The molecule has 22 heavy (non-hydrogen) atoms. The molecule has 2 amide bonds. The van der Waals surface area contributed by atoms with E-state index in [-0.39, 0.29) is 12.3 Å². The summed E-state index contributed by atoms with van der Waals surface area (Å²) >= 11 is 0. The summed E-state index contributed by atoms with van der Waals surface area (Å²) < 4.78 is 10.3. The quantitative estimate of drug-likeness (QED) is 0.719. The van der Waals surface area contributed by atoms with Gasteiger partial charge in [-0.25, -0.2) is 0 Å². The van der Waals surface area contributed by atoms with Crippen LogP contribution in [0.4, 0.5) is 0 Å². The summed E-state index contributed by atoms with van der Waals surface area (Å²) in [4.78, 5) is 26.2. The number of rotatable bonds is 5. The molecule has 1 heterocycles. The number of hydrogen-bond donors (Lipinski definition) is 3. The number of aromatic amines is 1. The van der Waals surface area contributed by atoms with Crippen molar-refractivity contribution in [3.05, 3.63) is 47.8 Å². The summed E-state index contributed by atoms with van der Waals surface area (Å²) in [7, 11) is 3.07. The van der Waals surface area contributed by atoms with Crippen molar-refractivity contribution in [3.8, 4) is 11.5 Å². The molecule has 1 aromatic heterocycles. The highest BCUT2D eigenvalue weighted by molar-refractivity contribution is 5.93. The summed E-state index contributed by atoms with van der Waals surface area (Å²) in [5, 5.41) is 0. The largest absolute Gasteiger partial charge is 0.493 e. The summed E-state index contributed by atoms with van der Waals surface area (Å²) in [5.41, 5.74) is 5.79. The zero-order valence-electron chi connectivity index (χ0n) is 12.3. The molecule has 116 valence electrons. The number of methoxy groups -OCH3 is 2. The van der Waals surface area contributed by atoms with E-state index in [1.807, 2.05) is 0 Å². The molecule has 7 nitrogen and oxygen atoms in total. The molecule has 3 N–H and O–H groups in total. The summed E-state index contributed by atoms with van der Waals surface area (Å²) in [6, 6.07) is 8.49. The highest BCUT2D eigenvalue weighted by atomic mass is 16.5. The lowest BCUT2D eigenvalue weighted by molar-refractivity contribution is -0.121. The molecule has 2 aromatic rings. The molecular formula is C15H17N3O4. The van der Waals surface area contributed by atoms with Crippen molar-refractivity contribution in [2.45, 2.75) is 6.42 Å².